The van der Waals surface area contributed by atoms with Gasteiger partial charge >= 0.3 is 0 Å². The molecule has 9 heteroatoms. The molecule has 1 aliphatic rings. The Bertz CT molecular complexity index is 1460. The van der Waals surface area contributed by atoms with Crippen LogP contribution in [0.15, 0.2) is 77.8 Å². The lowest BCUT2D eigenvalue weighted by molar-refractivity contribution is 0.0700. The summed E-state index contributed by atoms with van der Waals surface area (Å²) in [5.74, 6) is -0.144. The summed E-state index contributed by atoms with van der Waals surface area (Å²) in [7, 11) is -3.59. The highest BCUT2D eigenvalue weighted by molar-refractivity contribution is 7.89. The van der Waals surface area contributed by atoms with Crippen LogP contribution in [-0.4, -0.2) is 64.5 Å². The lowest BCUT2D eigenvalue weighted by atomic mass is 10.1. The van der Waals surface area contributed by atoms with E-state index in [-0.39, 0.29) is 29.9 Å². The summed E-state index contributed by atoms with van der Waals surface area (Å²) in [5.41, 5.74) is 2.81. The predicted molar refractivity (Wildman–Crippen MR) is 134 cm³/mol. The summed E-state index contributed by atoms with van der Waals surface area (Å²) in [6, 6.07) is 20.1. The Hall–Kier alpha value is -3.56. The number of hydrogen-bond donors (Lipinski definition) is 0. The minimum absolute atomic E-state index is 0.0840. The summed E-state index contributed by atoms with van der Waals surface area (Å²) in [5, 5.41) is 5.19. The third-order valence-corrected chi connectivity index (χ3v) is 8.18. The Balaban J connectivity index is 1.45. The third kappa shape index (κ3) is 4.33. The van der Waals surface area contributed by atoms with E-state index in [9.17, 15) is 13.2 Å². The van der Waals surface area contributed by atoms with Gasteiger partial charge in [0.05, 0.1) is 27.7 Å². The number of amides is 1. The number of aromatic nitrogens is 3. The van der Waals surface area contributed by atoms with Crippen molar-refractivity contribution in [1.82, 2.24) is 24.0 Å². The van der Waals surface area contributed by atoms with E-state index in [1.165, 1.54) is 4.31 Å². The molecule has 0 radical (unpaired) electrons. The molecule has 180 valence electrons. The molecule has 0 saturated carbocycles. The second-order valence-corrected chi connectivity index (χ2v) is 10.8. The molecule has 0 atom stereocenters. The maximum Gasteiger partial charge on any atom is 0.254 e. The number of benzene rings is 2. The van der Waals surface area contributed by atoms with E-state index < -0.39 is 10.0 Å². The van der Waals surface area contributed by atoms with Crippen molar-refractivity contribution in [1.29, 1.82) is 0 Å². The number of fused-ring (bicyclic) bond motifs is 1. The molecule has 3 heterocycles. The first-order valence-corrected chi connectivity index (χ1v) is 13.1. The van der Waals surface area contributed by atoms with E-state index in [1.54, 1.807) is 41.4 Å². The summed E-state index contributed by atoms with van der Waals surface area (Å²) < 4.78 is 29.2. The highest BCUT2D eigenvalue weighted by atomic mass is 32.2. The van der Waals surface area contributed by atoms with Crippen molar-refractivity contribution in [3.05, 3.63) is 78.5 Å². The van der Waals surface area contributed by atoms with Gasteiger partial charge in [-0.25, -0.2) is 18.1 Å². The molecule has 0 N–H and O–H groups in total. The molecule has 2 aromatic carbocycles. The van der Waals surface area contributed by atoms with Gasteiger partial charge in [0.1, 0.15) is 0 Å². The van der Waals surface area contributed by atoms with Gasteiger partial charge in [-0.2, -0.15) is 9.40 Å². The van der Waals surface area contributed by atoms with E-state index in [2.05, 4.69) is 5.10 Å². The first-order valence-electron chi connectivity index (χ1n) is 11.6. The smallest absolute Gasteiger partial charge is 0.254 e. The van der Waals surface area contributed by atoms with Crippen LogP contribution in [0.2, 0.25) is 0 Å². The zero-order valence-electron chi connectivity index (χ0n) is 19.7. The molecule has 0 spiro atoms. The summed E-state index contributed by atoms with van der Waals surface area (Å²) in [6.07, 6.45) is 1.69. The van der Waals surface area contributed by atoms with E-state index in [0.29, 0.717) is 35.4 Å². The molecule has 5 rings (SSSR count). The van der Waals surface area contributed by atoms with Crippen LogP contribution in [0.1, 0.15) is 30.2 Å². The molecule has 1 fully saturated rings. The fourth-order valence-electron chi connectivity index (χ4n) is 4.37. The number of rotatable bonds is 5. The van der Waals surface area contributed by atoms with E-state index >= 15 is 0 Å². The first kappa shape index (κ1) is 23.2. The summed E-state index contributed by atoms with van der Waals surface area (Å²) >= 11 is 0. The number of piperazine rings is 1. The van der Waals surface area contributed by atoms with Crippen LogP contribution in [0, 0.1) is 0 Å². The number of carbonyl (C=O) groups excluding carboxylic acids is 1. The molecule has 0 aliphatic carbocycles. The highest BCUT2D eigenvalue weighted by Crippen LogP contribution is 2.28. The van der Waals surface area contributed by atoms with Gasteiger partial charge < -0.3 is 4.90 Å². The molecular formula is C26H27N5O3S. The minimum atomic E-state index is -3.59. The van der Waals surface area contributed by atoms with Crippen LogP contribution in [0.3, 0.4) is 0 Å². The van der Waals surface area contributed by atoms with Crippen molar-refractivity contribution in [3.8, 4) is 11.3 Å². The van der Waals surface area contributed by atoms with Crippen molar-refractivity contribution >= 4 is 27.0 Å². The quantitative estimate of drug-likeness (QED) is 0.425. The van der Waals surface area contributed by atoms with Crippen molar-refractivity contribution < 1.29 is 13.2 Å². The fraction of sp³-hybridized carbons (Fsp3) is 0.269. The molecule has 8 nitrogen and oxygen atoms in total. The standard InChI is InChI=1S/C26H27N5O3S/c1-19(2)31-25-23(18-27-31)22(17-24(28-25)20-9-5-3-6-10-20)26(32)29-13-15-30(16-14-29)35(33,34)21-11-7-4-8-12-21/h3-12,17-19H,13-16H2,1-2H3. The molecule has 0 bridgehead atoms. The third-order valence-electron chi connectivity index (χ3n) is 6.26. The molecule has 35 heavy (non-hydrogen) atoms. The topological polar surface area (TPSA) is 88.4 Å². The van der Waals surface area contributed by atoms with Crippen molar-refractivity contribution in [2.75, 3.05) is 26.2 Å². The minimum Gasteiger partial charge on any atom is -0.336 e. The Morgan fingerprint density at radius 3 is 2.17 bits per heavy atom. The van der Waals surface area contributed by atoms with Crippen LogP contribution in [0.25, 0.3) is 22.3 Å². The summed E-state index contributed by atoms with van der Waals surface area (Å²) in [6.45, 7) is 5.16. The second kappa shape index (κ2) is 9.24. The maximum absolute atomic E-state index is 13.7. The Morgan fingerprint density at radius 2 is 1.54 bits per heavy atom. The van der Waals surface area contributed by atoms with Crippen LogP contribution in [-0.2, 0) is 10.0 Å². The van der Waals surface area contributed by atoms with Gasteiger partial charge in [-0.05, 0) is 32.0 Å². The molecule has 1 amide bonds. The monoisotopic (exact) mass is 489 g/mol. The number of carbonyl (C=O) groups is 1. The predicted octanol–water partition coefficient (Wildman–Crippen LogP) is 3.83. The molecule has 2 aromatic heterocycles. The average Bonchev–Trinajstić information content (AvgIpc) is 3.33. The van der Waals surface area contributed by atoms with Gasteiger partial charge in [0, 0.05) is 37.8 Å². The zero-order valence-corrected chi connectivity index (χ0v) is 20.5. The SMILES string of the molecule is CC(C)n1ncc2c(C(=O)N3CCN(S(=O)(=O)c4ccccc4)CC3)cc(-c3ccccc3)nc21. The fourth-order valence-corrected chi connectivity index (χ4v) is 5.82. The number of sulfonamides is 1. The van der Waals surface area contributed by atoms with Gasteiger partial charge in [-0.1, -0.05) is 48.5 Å². The molecule has 4 aromatic rings. The van der Waals surface area contributed by atoms with E-state index in [1.807, 2.05) is 54.9 Å². The van der Waals surface area contributed by atoms with Crippen molar-refractivity contribution in [2.45, 2.75) is 24.8 Å². The van der Waals surface area contributed by atoms with Crippen LogP contribution in [0.4, 0.5) is 0 Å². The number of nitrogens with zero attached hydrogens (tertiary/aromatic N) is 5. The Kier molecular flexibility index (Phi) is 6.12. The Morgan fingerprint density at radius 1 is 0.914 bits per heavy atom. The molecule has 1 saturated heterocycles. The van der Waals surface area contributed by atoms with Crippen LogP contribution >= 0.6 is 0 Å². The maximum atomic E-state index is 13.7. The number of pyridine rings is 1. The van der Waals surface area contributed by atoms with Crippen LogP contribution < -0.4 is 0 Å². The molecular weight excluding hydrogens is 462 g/mol. The first-order chi connectivity index (χ1) is 16.9. The largest absolute Gasteiger partial charge is 0.336 e. The van der Waals surface area contributed by atoms with Gasteiger partial charge in [-0.15, -0.1) is 0 Å². The summed E-state index contributed by atoms with van der Waals surface area (Å²) in [4.78, 5) is 20.5. The molecule has 1 aliphatic heterocycles. The molecule has 0 unspecified atom stereocenters. The van der Waals surface area contributed by atoms with E-state index in [4.69, 9.17) is 4.98 Å². The zero-order chi connectivity index (χ0) is 24.6. The lowest BCUT2D eigenvalue weighted by Gasteiger charge is -2.34. The lowest BCUT2D eigenvalue weighted by Crippen LogP contribution is -2.50. The average molecular weight is 490 g/mol. The second-order valence-electron chi connectivity index (χ2n) is 8.85. The van der Waals surface area contributed by atoms with Crippen molar-refractivity contribution in [2.24, 2.45) is 0 Å². The van der Waals surface area contributed by atoms with Crippen molar-refractivity contribution in [3.63, 3.8) is 0 Å². The van der Waals surface area contributed by atoms with Gasteiger partial charge in [-0.3, -0.25) is 4.79 Å². The van der Waals surface area contributed by atoms with Crippen LogP contribution in [0.5, 0.6) is 0 Å². The highest BCUT2D eigenvalue weighted by Gasteiger charge is 2.31. The normalized spacial score (nSPS) is 15.1. The van der Waals surface area contributed by atoms with E-state index in [0.717, 1.165) is 5.56 Å². The number of hydrogen-bond acceptors (Lipinski definition) is 5. The Labute approximate surface area is 204 Å². The van der Waals surface area contributed by atoms with Gasteiger partial charge in [0.15, 0.2) is 5.65 Å². The van der Waals surface area contributed by atoms with Gasteiger partial charge in [0.2, 0.25) is 10.0 Å². The van der Waals surface area contributed by atoms with Gasteiger partial charge in [0.25, 0.3) is 5.91 Å².